The first kappa shape index (κ1) is 20.4. The Kier molecular flexibility index (Phi) is 7.31. The molecule has 0 aromatic heterocycles. The molecule has 0 amide bonds. The zero-order valence-corrected chi connectivity index (χ0v) is 16.0. The van der Waals surface area contributed by atoms with Crippen LogP contribution in [0, 0.1) is 0 Å². The van der Waals surface area contributed by atoms with Crippen molar-refractivity contribution in [2.24, 2.45) is 0 Å². The molecule has 0 aliphatic heterocycles. The Morgan fingerprint density at radius 3 is 2.33 bits per heavy atom. The summed E-state index contributed by atoms with van der Waals surface area (Å²) in [4.78, 5) is 24.3. The summed E-state index contributed by atoms with van der Waals surface area (Å²) in [6.45, 7) is -0.551. The molecule has 1 N–H and O–H groups in total. The first-order chi connectivity index (χ1) is 13.0. The maximum atomic E-state index is 12.7. The molecular formula is C20H20O6S. The largest absolute Gasteiger partial charge is 0.497 e. The van der Waals surface area contributed by atoms with Gasteiger partial charge in [0.15, 0.2) is 12.4 Å². The minimum atomic E-state index is -1.13. The zero-order chi connectivity index (χ0) is 19.8. The van der Waals surface area contributed by atoms with Crippen molar-refractivity contribution >= 4 is 29.6 Å². The van der Waals surface area contributed by atoms with E-state index in [1.54, 1.807) is 31.4 Å². The van der Waals surface area contributed by atoms with Crippen molar-refractivity contribution < 1.29 is 28.9 Å². The van der Waals surface area contributed by atoms with Gasteiger partial charge in [0.2, 0.25) is 0 Å². The van der Waals surface area contributed by atoms with E-state index < -0.39 is 12.6 Å². The number of carboxylic acids is 1. The van der Waals surface area contributed by atoms with Gasteiger partial charge in [0, 0.05) is 6.07 Å². The van der Waals surface area contributed by atoms with E-state index in [1.807, 2.05) is 18.4 Å². The molecule has 27 heavy (non-hydrogen) atoms. The highest BCUT2D eigenvalue weighted by molar-refractivity contribution is 7.98. The molecule has 2 aromatic rings. The Hall–Kier alpha value is -2.93. The summed E-state index contributed by atoms with van der Waals surface area (Å²) in [6.07, 6.45) is 4.95. The van der Waals surface area contributed by atoms with Crippen LogP contribution < -0.4 is 14.2 Å². The molecule has 2 aromatic carbocycles. The van der Waals surface area contributed by atoms with Crippen LogP contribution in [0.3, 0.4) is 0 Å². The second kappa shape index (κ2) is 9.68. The molecular weight excluding hydrogens is 368 g/mol. The van der Waals surface area contributed by atoms with Gasteiger partial charge in [0.25, 0.3) is 0 Å². The molecule has 0 spiro atoms. The summed E-state index contributed by atoms with van der Waals surface area (Å²) in [7, 11) is 3.08. The highest BCUT2D eigenvalue weighted by atomic mass is 32.2. The zero-order valence-electron chi connectivity index (χ0n) is 15.2. The van der Waals surface area contributed by atoms with Crippen molar-refractivity contribution in [3.63, 3.8) is 0 Å². The second-order valence-electron chi connectivity index (χ2n) is 5.36. The van der Waals surface area contributed by atoms with Crippen molar-refractivity contribution in [3.05, 3.63) is 53.6 Å². The van der Waals surface area contributed by atoms with E-state index in [1.165, 1.54) is 31.0 Å². The van der Waals surface area contributed by atoms with Gasteiger partial charge >= 0.3 is 5.97 Å². The molecule has 2 rings (SSSR count). The molecule has 0 aliphatic carbocycles. The summed E-state index contributed by atoms with van der Waals surface area (Å²) in [5, 5.41) is 8.86. The van der Waals surface area contributed by atoms with Gasteiger partial charge in [-0.3, -0.25) is 4.79 Å². The minimum absolute atomic E-state index is 0.163. The van der Waals surface area contributed by atoms with Crippen LogP contribution in [0.1, 0.15) is 15.9 Å². The molecule has 0 bridgehead atoms. The van der Waals surface area contributed by atoms with Gasteiger partial charge in [-0.1, -0.05) is 18.2 Å². The van der Waals surface area contributed by atoms with Crippen molar-refractivity contribution in [1.29, 1.82) is 0 Å². The number of ether oxygens (including phenoxy) is 3. The van der Waals surface area contributed by atoms with Crippen LogP contribution in [0.15, 0.2) is 47.4 Å². The van der Waals surface area contributed by atoms with E-state index in [2.05, 4.69) is 0 Å². The van der Waals surface area contributed by atoms with Gasteiger partial charge in [0.05, 0.1) is 24.7 Å². The molecule has 0 radical (unpaired) electrons. The molecule has 0 aliphatic rings. The molecule has 0 atom stereocenters. The average Bonchev–Trinajstić information content (AvgIpc) is 2.69. The monoisotopic (exact) mass is 388 g/mol. The molecule has 0 saturated carbocycles. The van der Waals surface area contributed by atoms with Crippen LogP contribution in [-0.2, 0) is 4.79 Å². The fourth-order valence-corrected chi connectivity index (χ4v) is 2.87. The van der Waals surface area contributed by atoms with E-state index in [9.17, 15) is 9.59 Å². The van der Waals surface area contributed by atoms with Crippen LogP contribution in [0.25, 0.3) is 6.08 Å². The van der Waals surface area contributed by atoms with Gasteiger partial charge in [-0.2, -0.15) is 0 Å². The number of hydrogen-bond acceptors (Lipinski definition) is 6. The topological polar surface area (TPSA) is 82.1 Å². The molecule has 0 saturated heterocycles. The van der Waals surface area contributed by atoms with Gasteiger partial charge < -0.3 is 19.3 Å². The molecule has 0 unspecified atom stereocenters. The molecule has 7 heteroatoms. The summed E-state index contributed by atoms with van der Waals surface area (Å²) < 4.78 is 15.7. The number of carboxylic acid groups (broad SMARTS) is 1. The molecule has 142 valence electrons. The number of hydrogen-bond donors (Lipinski definition) is 1. The SMILES string of the molecule is COc1ccc(/C=C/C(=O)c2cc(SC)c(OC)cc2OCC(=O)O)cc1. The maximum Gasteiger partial charge on any atom is 0.341 e. The third-order valence-corrected chi connectivity index (χ3v) is 4.40. The smallest absolute Gasteiger partial charge is 0.341 e. The van der Waals surface area contributed by atoms with Crippen LogP contribution >= 0.6 is 11.8 Å². The first-order valence-corrected chi connectivity index (χ1v) is 9.18. The first-order valence-electron chi connectivity index (χ1n) is 7.95. The second-order valence-corrected chi connectivity index (χ2v) is 6.20. The number of methoxy groups -OCH3 is 2. The fraction of sp³-hybridized carbons (Fsp3) is 0.200. The molecule has 0 fully saturated rings. The van der Waals surface area contributed by atoms with Crippen molar-refractivity contribution in [3.8, 4) is 17.2 Å². The summed E-state index contributed by atoms with van der Waals surface area (Å²) in [6, 6.07) is 10.4. The number of thioether (sulfide) groups is 1. The van der Waals surface area contributed by atoms with Gasteiger partial charge in [-0.15, -0.1) is 11.8 Å². The normalized spacial score (nSPS) is 10.6. The maximum absolute atomic E-state index is 12.7. The third kappa shape index (κ3) is 5.52. The van der Waals surface area contributed by atoms with Crippen molar-refractivity contribution in [2.45, 2.75) is 4.90 Å². The van der Waals surface area contributed by atoms with E-state index in [4.69, 9.17) is 19.3 Å². The lowest BCUT2D eigenvalue weighted by Crippen LogP contribution is -2.12. The summed E-state index contributed by atoms with van der Waals surface area (Å²) in [5.41, 5.74) is 1.10. The summed E-state index contributed by atoms with van der Waals surface area (Å²) >= 11 is 1.42. The summed E-state index contributed by atoms with van der Waals surface area (Å²) in [5.74, 6) is -0.0307. The predicted octanol–water partition coefficient (Wildman–Crippen LogP) is 3.79. The van der Waals surface area contributed by atoms with Crippen LogP contribution in [0.4, 0.5) is 0 Å². The number of allylic oxidation sites excluding steroid dienone is 1. The Morgan fingerprint density at radius 1 is 1.07 bits per heavy atom. The van der Waals surface area contributed by atoms with Crippen molar-refractivity contribution in [2.75, 3.05) is 27.1 Å². The third-order valence-electron chi connectivity index (χ3n) is 3.65. The number of carbonyl (C=O) groups excluding carboxylic acids is 1. The van der Waals surface area contributed by atoms with Crippen LogP contribution in [-0.4, -0.2) is 43.9 Å². The Bertz CT molecular complexity index is 842. The number of aliphatic carboxylic acids is 1. The van der Waals surface area contributed by atoms with E-state index in [0.29, 0.717) is 5.75 Å². The standard InChI is InChI=1S/C20H20O6S/c1-24-14-7-4-13(5-8-14)6-9-16(21)15-10-19(27-3)18(25-2)11-17(15)26-12-20(22)23/h4-11H,12H2,1-3H3,(H,22,23)/b9-6+. The molecule has 0 heterocycles. The van der Waals surface area contributed by atoms with E-state index in [0.717, 1.165) is 16.2 Å². The lowest BCUT2D eigenvalue weighted by molar-refractivity contribution is -0.139. The van der Waals surface area contributed by atoms with Crippen molar-refractivity contribution in [1.82, 2.24) is 0 Å². The van der Waals surface area contributed by atoms with E-state index in [-0.39, 0.29) is 17.1 Å². The Labute approximate surface area is 161 Å². The van der Waals surface area contributed by atoms with Crippen LogP contribution in [0.2, 0.25) is 0 Å². The minimum Gasteiger partial charge on any atom is -0.497 e. The Balaban J connectivity index is 2.33. The Morgan fingerprint density at radius 2 is 1.78 bits per heavy atom. The van der Waals surface area contributed by atoms with E-state index >= 15 is 0 Å². The quantitative estimate of drug-likeness (QED) is 0.398. The lowest BCUT2D eigenvalue weighted by Gasteiger charge is -2.13. The highest BCUT2D eigenvalue weighted by Gasteiger charge is 2.16. The van der Waals surface area contributed by atoms with Gasteiger partial charge in [0.1, 0.15) is 17.2 Å². The number of carbonyl (C=O) groups is 2. The highest BCUT2D eigenvalue weighted by Crippen LogP contribution is 2.35. The lowest BCUT2D eigenvalue weighted by atomic mass is 10.1. The van der Waals surface area contributed by atoms with Gasteiger partial charge in [-0.25, -0.2) is 4.79 Å². The number of rotatable bonds is 9. The van der Waals surface area contributed by atoms with Gasteiger partial charge in [-0.05, 0) is 36.1 Å². The molecule has 6 nitrogen and oxygen atoms in total. The average molecular weight is 388 g/mol. The van der Waals surface area contributed by atoms with Crippen LogP contribution in [0.5, 0.6) is 17.2 Å². The number of ketones is 1. The predicted molar refractivity (Wildman–Crippen MR) is 104 cm³/mol. The fourth-order valence-electron chi connectivity index (χ4n) is 2.29. The number of benzene rings is 2.